The third-order valence-electron chi connectivity index (χ3n) is 22.6. The molecule has 12 rings (SSSR count). The second-order valence-electron chi connectivity index (χ2n) is 32.9. The van der Waals surface area contributed by atoms with Gasteiger partial charge in [-0.3, -0.25) is 19.2 Å². The van der Waals surface area contributed by atoms with E-state index in [-0.39, 0.29) is 144 Å². The van der Waals surface area contributed by atoms with E-state index in [1.807, 2.05) is 13.8 Å². The van der Waals surface area contributed by atoms with Gasteiger partial charge in [0.05, 0.1) is 35.0 Å². The van der Waals surface area contributed by atoms with Gasteiger partial charge in [0.2, 0.25) is 11.8 Å². The monoisotopic (exact) mass is 1500 g/mol. The van der Waals surface area contributed by atoms with Crippen LogP contribution in [0.5, 0.6) is 11.5 Å². The number of hydrogen-bond acceptors (Lipinski definition) is 20. The number of aromatic nitrogens is 6. The van der Waals surface area contributed by atoms with Crippen molar-refractivity contribution in [1.29, 1.82) is 10.5 Å². The predicted octanol–water partition coefficient (Wildman–Crippen LogP) is 15.9. The summed E-state index contributed by atoms with van der Waals surface area (Å²) in [6.45, 7) is 33.9. The molecule has 26 heteroatoms. The zero-order chi connectivity index (χ0) is 78.9. The first-order valence-corrected chi connectivity index (χ1v) is 38.7. The number of aliphatic carboxylic acids is 2. The van der Waals surface area contributed by atoms with E-state index in [0.29, 0.717) is 106 Å². The number of allylic oxidation sites excluding steroid dienone is 2. The van der Waals surface area contributed by atoms with Gasteiger partial charge in [-0.25, -0.2) is 39.5 Å². The van der Waals surface area contributed by atoms with Crippen LogP contribution in [0.4, 0.5) is 34.1 Å². The summed E-state index contributed by atoms with van der Waals surface area (Å²) in [6.07, 6.45) is 6.42. The number of anilines is 4. The topological polar surface area (TPSA) is 328 Å². The van der Waals surface area contributed by atoms with Crippen LogP contribution >= 0.6 is 0 Å². The van der Waals surface area contributed by atoms with Crippen LogP contribution in [-0.4, -0.2) is 138 Å². The molecule has 2 aliphatic carbocycles. The van der Waals surface area contributed by atoms with Crippen LogP contribution in [0, 0.1) is 72.0 Å². The van der Waals surface area contributed by atoms with E-state index in [2.05, 4.69) is 140 Å². The fraction of sp³-hybridized carbons (Fsp3) is 0.524. The highest BCUT2D eigenvalue weighted by Crippen LogP contribution is 2.49. The fourth-order valence-electron chi connectivity index (χ4n) is 17.9. The molecule has 6 heterocycles. The Bertz CT molecular complexity index is 4460. The molecule has 0 spiro atoms. The molecular formula is C84H104N14O12. The number of nitrogens with one attached hydrogen (secondary N) is 2. The number of carboxylic acid groups (broad SMARTS) is 2. The summed E-state index contributed by atoms with van der Waals surface area (Å²) in [5.41, 5.74) is 9.64. The molecule has 26 nitrogen and oxygen atoms in total. The van der Waals surface area contributed by atoms with Crippen molar-refractivity contribution in [2.75, 3.05) is 60.0 Å². The maximum absolute atomic E-state index is 13.0. The Morgan fingerprint density at radius 2 is 0.936 bits per heavy atom. The highest BCUT2D eigenvalue weighted by Gasteiger charge is 2.42. The number of rotatable bonds is 27. The molecular weight excluding hydrogens is 1400 g/mol. The lowest BCUT2D eigenvalue weighted by atomic mass is 9.75. The molecule has 2 fully saturated rings. The number of carbonyl (C=O) groups excluding carboxylic acids is 2. The molecule has 110 heavy (non-hydrogen) atoms. The number of aryl methyl sites for hydroxylation is 2. The average molecular weight is 1500 g/mol. The summed E-state index contributed by atoms with van der Waals surface area (Å²) in [4.78, 5) is 99.0. The largest absolute Gasteiger partial charge is 0.488 e. The molecule has 6 aromatic rings. The number of ether oxygens (including phenoxy) is 2. The molecule has 2 saturated carbocycles. The Hall–Kier alpha value is -10.1. The highest BCUT2D eigenvalue weighted by atomic mass is 17.2. The number of nitriles is 2. The number of nitrogens with zero attached hydrogens (tertiary/aromatic N) is 12. The van der Waals surface area contributed by atoms with E-state index in [9.17, 15) is 39.9 Å². The Labute approximate surface area is 643 Å². The quantitative estimate of drug-likeness (QED) is 0.0211. The molecule has 2 amide bonds. The zero-order valence-corrected chi connectivity index (χ0v) is 66.2. The van der Waals surface area contributed by atoms with Gasteiger partial charge >= 0.3 is 11.9 Å². The van der Waals surface area contributed by atoms with Crippen molar-refractivity contribution in [1.82, 2.24) is 29.5 Å². The number of carboxylic acids is 2. The second kappa shape index (κ2) is 32.8. The Morgan fingerprint density at radius 3 is 1.28 bits per heavy atom. The van der Waals surface area contributed by atoms with E-state index in [1.165, 1.54) is 13.8 Å². The SMILES string of the molecule is CC(=O)Nc1cc(-c2nc3n(n2)C(=Nc2cc4c(cc2C)N(CCCC(=O)O)C(C)(C)CC4C)C(C#N)=C3COOC2C(C)CC(C)CC2C)ccc1OCCOc1ccc(-c2nc3n(n2)C(=Nc2cc4c(cc2C)N(CCCC(=O)O)C(C)(C)CC4C)C(C#N)=C3COOC2C(C)CC(C)CC2C)cc1NC(C)=O. The van der Waals surface area contributed by atoms with Crippen molar-refractivity contribution >= 4 is 80.7 Å². The van der Waals surface area contributed by atoms with Crippen LogP contribution in [-0.2, 0) is 38.7 Å². The molecule has 4 aliphatic heterocycles. The van der Waals surface area contributed by atoms with Crippen LogP contribution in [0.3, 0.4) is 0 Å². The Balaban J connectivity index is 0.810. The van der Waals surface area contributed by atoms with E-state index >= 15 is 0 Å². The Morgan fingerprint density at radius 1 is 0.564 bits per heavy atom. The zero-order valence-electron chi connectivity index (χ0n) is 66.2. The maximum atomic E-state index is 13.0. The van der Waals surface area contributed by atoms with Gasteiger partial charge in [-0.15, -0.1) is 10.2 Å². The first-order chi connectivity index (χ1) is 52.3. The molecule has 4 N–H and O–H groups in total. The van der Waals surface area contributed by atoms with Gasteiger partial charge in [0.1, 0.15) is 61.2 Å². The lowest BCUT2D eigenvalue weighted by Crippen LogP contribution is -2.48. The summed E-state index contributed by atoms with van der Waals surface area (Å²) in [5, 5.41) is 57.0. The summed E-state index contributed by atoms with van der Waals surface area (Å²) < 4.78 is 15.8. The summed E-state index contributed by atoms with van der Waals surface area (Å²) in [7, 11) is 0. The predicted molar refractivity (Wildman–Crippen MR) is 421 cm³/mol. The number of aliphatic imine (C=N–C) groups is 2. The Kier molecular flexibility index (Phi) is 23.7. The standard InChI is InChI=1S/C84H104N14O12/c1-45-29-49(5)75(50(6)30-45)109-107-43-63-61(41-85)79(89-65-37-59-53(9)39-83(13,14)95(25-17-19-73(101)102)69(59)33-47(65)3)97-81(63)91-77(93-97)57-21-23-71(67(35-57)87-55(11)99)105-27-28-106-72-24-22-58(36-68(72)88-56(12)100)78-92-82-64(44-108-110-76-51(7)31-46(2)32-52(76)8)62(42-86)80(98(82)94-78)90-66-38-60-54(10)40-84(15,16)96(26-18-20-74(103)104)70(60)34-48(66)4/h21-24,33-38,45-46,49-54,75-76H,17-20,25-32,39-40,43-44H2,1-16H3,(H,87,99)(H,88,100)(H,101,102)(H,103,104). The van der Waals surface area contributed by atoms with Gasteiger partial charge in [0, 0.05) is 84.5 Å². The summed E-state index contributed by atoms with van der Waals surface area (Å²) in [6, 6.07) is 23.5. The lowest BCUT2D eigenvalue weighted by molar-refractivity contribution is -0.338. The van der Waals surface area contributed by atoms with Gasteiger partial charge in [-0.2, -0.15) is 19.9 Å². The van der Waals surface area contributed by atoms with E-state index in [4.69, 9.17) is 59.2 Å². The van der Waals surface area contributed by atoms with E-state index < -0.39 is 11.9 Å². The van der Waals surface area contributed by atoms with Crippen molar-refractivity contribution in [3.8, 4) is 46.4 Å². The van der Waals surface area contributed by atoms with Gasteiger partial charge in [0.15, 0.2) is 35.0 Å². The third-order valence-corrected chi connectivity index (χ3v) is 22.6. The van der Waals surface area contributed by atoms with Crippen LogP contribution in [0.15, 0.2) is 81.8 Å². The molecule has 0 radical (unpaired) electrons. The summed E-state index contributed by atoms with van der Waals surface area (Å²) in [5.74, 6) is 2.29. The summed E-state index contributed by atoms with van der Waals surface area (Å²) >= 11 is 0. The molecule has 6 unspecified atom stereocenters. The molecule has 6 aliphatic rings. The van der Waals surface area contributed by atoms with Crippen LogP contribution in [0.1, 0.15) is 207 Å². The van der Waals surface area contributed by atoms with Crippen molar-refractivity contribution in [3.63, 3.8) is 0 Å². The minimum atomic E-state index is -0.834. The lowest BCUT2D eigenvalue weighted by Gasteiger charge is -2.48. The normalized spacial score (nSPS) is 23.8. The van der Waals surface area contributed by atoms with Crippen molar-refractivity contribution in [2.45, 2.75) is 210 Å². The van der Waals surface area contributed by atoms with Crippen molar-refractivity contribution < 1.29 is 58.4 Å². The first kappa shape index (κ1) is 79.4. The van der Waals surface area contributed by atoms with Crippen LogP contribution < -0.4 is 29.9 Å². The number of fused-ring (bicyclic) bond motifs is 4. The minimum Gasteiger partial charge on any atom is -0.488 e. The van der Waals surface area contributed by atoms with Gasteiger partial charge in [-0.1, -0.05) is 55.4 Å². The molecule has 2 aromatic heterocycles. The first-order valence-electron chi connectivity index (χ1n) is 38.7. The van der Waals surface area contributed by atoms with Crippen molar-refractivity contribution in [2.24, 2.45) is 45.5 Å². The van der Waals surface area contributed by atoms with Crippen molar-refractivity contribution in [3.05, 3.63) is 106 Å². The van der Waals surface area contributed by atoms with Gasteiger partial charge < -0.3 is 40.1 Å². The smallest absolute Gasteiger partial charge is 0.303 e. The minimum absolute atomic E-state index is 0.0149. The highest BCUT2D eigenvalue weighted by molar-refractivity contribution is 6.16. The molecule has 6 atom stereocenters. The number of amides is 2. The molecule has 582 valence electrons. The number of hydrogen-bond donors (Lipinski definition) is 4. The van der Waals surface area contributed by atoms with Gasteiger partial charge in [-0.05, 0) is 223 Å². The van der Waals surface area contributed by atoms with E-state index in [1.54, 1.807) is 45.8 Å². The third kappa shape index (κ3) is 16.9. The van der Waals surface area contributed by atoms with Crippen LogP contribution in [0.25, 0.3) is 33.9 Å². The molecule has 0 bridgehead atoms. The molecule has 0 saturated heterocycles. The van der Waals surface area contributed by atoms with Gasteiger partial charge in [0.25, 0.3) is 0 Å². The number of benzene rings is 4. The van der Waals surface area contributed by atoms with Crippen LogP contribution in [0.2, 0.25) is 0 Å². The number of carbonyl (C=O) groups is 4. The second-order valence-corrected chi connectivity index (χ2v) is 32.9. The van der Waals surface area contributed by atoms with E-state index in [0.717, 1.165) is 72.2 Å². The average Bonchev–Trinajstić information content (AvgIpc) is 1.57. The maximum Gasteiger partial charge on any atom is 0.303 e. The fourth-order valence-corrected chi connectivity index (χ4v) is 17.9. The molecule has 4 aromatic carbocycles.